The van der Waals surface area contributed by atoms with E-state index in [0.717, 1.165) is 21.3 Å². The van der Waals surface area contributed by atoms with Crippen LogP contribution in [0.2, 0.25) is 0 Å². The van der Waals surface area contributed by atoms with Crippen LogP contribution in [0.4, 0.5) is 5.69 Å². The van der Waals surface area contributed by atoms with Crippen molar-refractivity contribution in [2.75, 3.05) is 12.4 Å². The highest BCUT2D eigenvalue weighted by atomic mass is 79.9. The fourth-order valence-electron chi connectivity index (χ4n) is 1.40. The normalized spacial score (nSPS) is 12.3. The largest absolute Gasteiger partial charge is 0.388 e. The average molecular weight is 304 g/mol. The van der Waals surface area contributed by atoms with Crippen molar-refractivity contribution in [2.24, 2.45) is 0 Å². The molecule has 1 rings (SSSR count). The van der Waals surface area contributed by atoms with Crippen LogP contribution in [0.5, 0.6) is 0 Å². The van der Waals surface area contributed by atoms with Gasteiger partial charge >= 0.3 is 0 Å². The Kier molecular flexibility index (Phi) is 6.23. The van der Waals surface area contributed by atoms with Gasteiger partial charge in [0.15, 0.2) is 0 Å². The van der Waals surface area contributed by atoms with Crippen LogP contribution >= 0.6 is 15.9 Å². The molecule has 0 spiro atoms. The third-order valence-corrected chi connectivity index (χ3v) is 2.83. The molecular formula is C16H18BrN. The second-order valence-corrected chi connectivity index (χ2v) is 4.73. The van der Waals surface area contributed by atoms with Crippen LogP contribution in [-0.4, -0.2) is 7.05 Å². The highest BCUT2D eigenvalue weighted by Crippen LogP contribution is 2.13. The molecule has 0 fully saturated rings. The van der Waals surface area contributed by atoms with Crippen molar-refractivity contribution >= 4 is 27.7 Å². The molecule has 0 atom stereocenters. The minimum absolute atomic E-state index is 0.956. The molecule has 0 aliphatic heterocycles. The summed E-state index contributed by atoms with van der Waals surface area (Å²) in [5, 5.41) is 3.09. The Hall–Kier alpha value is -1.54. The number of allylic oxidation sites excluding steroid dienone is 6. The first-order valence-corrected chi connectivity index (χ1v) is 6.59. The van der Waals surface area contributed by atoms with Gasteiger partial charge in [0.1, 0.15) is 0 Å². The summed E-state index contributed by atoms with van der Waals surface area (Å²) in [5.41, 5.74) is 3.23. The molecule has 0 amide bonds. The maximum absolute atomic E-state index is 3.99. The predicted molar refractivity (Wildman–Crippen MR) is 86.0 cm³/mol. The second-order valence-electron chi connectivity index (χ2n) is 3.81. The molecule has 1 aromatic rings. The van der Waals surface area contributed by atoms with Crippen molar-refractivity contribution in [3.63, 3.8) is 0 Å². The molecule has 0 bridgehead atoms. The van der Waals surface area contributed by atoms with Crippen LogP contribution in [-0.2, 0) is 0 Å². The van der Waals surface area contributed by atoms with Crippen molar-refractivity contribution in [3.05, 3.63) is 70.8 Å². The van der Waals surface area contributed by atoms with Crippen LogP contribution in [0.25, 0.3) is 6.08 Å². The van der Waals surface area contributed by atoms with Crippen LogP contribution in [0, 0.1) is 0 Å². The summed E-state index contributed by atoms with van der Waals surface area (Å²) in [5.74, 6) is 0. The van der Waals surface area contributed by atoms with Gasteiger partial charge in [0.05, 0.1) is 0 Å². The number of halogens is 1. The standard InChI is InChI=1S/C16H18BrN/c1-4-5-15(17)12-13(2)6-7-14-8-10-16(18-3)11-9-14/h4-12,18H,2H2,1,3H3/b5-4-,7-6+,15-12+. The van der Waals surface area contributed by atoms with E-state index in [-0.39, 0.29) is 0 Å². The number of hydrogen-bond acceptors (Lipinski definition) is 1. The molecule has 18 heavy (non-hydrogen) atoms. The van der Waals surface area contributed by atoms with Gasteiger partial charge in [-0.3, -0.25) is 0 Å². The lowest BCUT2D eigenvalue weighted by Crippen LogP contribution is -1.86. The Labute approximate surface area is 118 Å². The quantitative estimate of drug-likeness (QED) is 0.742. The lowest BCUT2D eigenvalue weighted by Gasteiger charge is -1.99. The van der Waals surface area contributed by atoms with Crippen LogP contribution < -0.4 is 5.32 Å². The molecule has 1 N–H and O–H groups in total. The number of anilines is 1. The Bertz CT molecular complexity index is 478. The highest BCUT2D eigenvalue weighted by Gasteiger charge is 1.90. The van der Waals surface area contributed by atoms with Gasteiger partial charge in [-0.1, -0.05) is 58.9 Å². The summed E-state index contributed by atoms with van der Waals surface area (Å²) < 4.78 is 1.02. The Morgan fingerprint density at radius 2 is 1.89 bits per heavy atom. The van der Waals surface area contributed by atoms with E-state index < -0.39 is 0 Å². The first kappa shape index (κ1) is 14.5. The summed E-state index contributed by atoms with van der Waals surface area (Å²) in [4.78, 5) is 0. The highest BCUT2D eigenvalue weighted by molar-refractivity contribution is 9.11. The van der Waals surface area contributed by atoms with E-state index >= 15 is 0 Å². The van der Waals surface area contributed by atoms with Crippen molar-refractivity contribution in [2.45, 2.75) is 6.92 Å². The molecule has 0 saturated heterocycles. The van der Waals surface area contributed by atoms with E-state index in [4.69, 9.17) is 0 Å². The summed E-state index contributed by atoms with van der Waals surface area (Å²) >= 11 is 3.46. The number of hydrogen-bond donors (Lipinski definition) is 1. The summed E-state index contributed by atoms with van der Waals surface area (Å²) in [6.45, 7) is 5.97. The second kappa shape index (κ2) is 7.72. The molecule has 0 aromatic heterocycles. The Balaban J connectivity index is 2.68. The van der Waals surface area contributed by atoms with Gasteiger partial charge in [-0.15, -0.1) is 0 Å². The van der Waals surface area contributed by atoms with Gasteiger partial charge in [-0.25, -0.2) is 0 Å². The zero-order valence-electron chi connectivity index (χ0n) is 10.8. The molecule has 0 heterocycles. The van der Waals surface area contributed by atoms with Crippen LogP contribution in [0.1, 0.15) is 12.5 Å². The minimum Gasteiger partial charge on any atom is -0.388 e. The lowest BCUT2D eigenvalue weighted by atomic mass is 10.1. The fraction of sp³-hybridized carbons (Fsp3) is 0.125. The number of benzene rings is 1. The maximum atomic E-state index is 3.99. The topological polar surface area (TPSA) is 12.0 Å². The van der Waals surface area contributed by atoms with E-state index in [0.29, 0.717) is 0 Å². The first-order valence-electron chi connectivity index (χ1n) is 5.80. The average Bonchev–Trinajstić information content (AvgIpc) is 2.37. The Morgan fingerprint density at radius 1 is 1.22 bits per heavy atom. The maximum Gasteiger partial charge on any atom is 0.0337 e. The molecule has 0 radical (unpaired) electrons. The SMILES string of the molecule is C=C(/C=C/c1ccc(NC)cc1)/C=C(Br)\C=C/C. The van der Waals surface area contributed by atoms with E-state index in [1.54, 1.807) is 0 Å². The van der Waals surface area contributed by atoms with E-state index in [2.05, 4.69) is 40.0 Å². The molecule has 1 nitrogen and oxygen atoms in total. The monoisotopic (exact) mass is 303 g/mol. The van der Waals surface area contributed by atoms with E-state index in [1.807, 2.05) is 56.5 Å². The molecule has 0 unspecified atom stereocenters. The molecule has 0 saturated carbocycles. The zero-order chi connectivity index (χ0) is 13.4. The van der Waals surface area contributed by atoms with Gasteiger partial charge in [-0.05, 0) is 36.3 Å². The molecule has 0 aliphatic rings. The Morgan fingerprint density at radius 3 is 2.44 bits per heavy atom. The third-order valence-electron chi connectivity index (χ3n) is 2.34. The van der Waals surface area contributed by atoms with Gasteiger partial charge in [0, 0.05) is 17.2 Å². The van der Waals surface area contributed by atoms with Gasteiger partial charge in [0.2, 0.25) is 0 Å². The molecular weight excluding hydrogens is 286 g/mol. The van der Waals surface area contributed by atoms with Crippen molar-refractivity contribution in [1.29, 1.82) is 0 Å². The molecule has 94 valence electrons. The fourth-order valence-corrected chi connectivity index (χ4v) is 1.96. The number of nitrogens with one attached hydrogen (secondary N) is 1. The van der Waals surface area contributed by atoms with E-state index in [9.17, 15) is 0 Å². The smallest absolute Gasteiger partial charge is 0.0337 e. The van der Waals surface area contributed by atoms with Crippen molar-refractivity contribution in [3.8, 4) is 0 Å². The van der Waals surface area contributed by atoms with Gasteiger partial charge in [-0.2, -0.15) is 0 Å². The van der Waals surface area contributed by atoms with Crippen molar-refractivity contribution in [1.82, 2.24) is 0 Å². The van der Waals surface area contributed by atoms with Gasteiger partial charge < -0.3 is 5.32 Å². The van der Waals surface area contributed by atoms with Gasteiger partial charge in [0.25, 0.3) is 0 Å². The number of rotatable bonds is 5. The predicted octanol–water partition coefficient (Wildman–Crippen LogP) is 5.15. The summed E-state index contributed by atoms with van der Waals surface area (Å²) in [6, 6.07) is 8.24. The third kappa shape index (κ3) is 5.19. The molecule has 0 aliphatic carbocycles. The van der Waals surface area contributed by atoms with E-state index in [1.165, 1.54) is 0 Å². The summed E-state index contributed by atoms with van der Waals surface area (Å²) in [6.07, 6.45) is 10.0. The van der Waals surface area contributed by atoms with Crippen LogP contribution in [0.3, 0.4) is 0 Å². The van der Waals surface area contributed by atoms with Crippen LogP contribution in [0.15, 0.2) is 65.2 Å². The first-order chi connectivity index (χ1) is 8.65. The summed E-state index contributed by atoms with van der Waals surface area (Å²) in [7, 11) is 1.91. The van der Waals surface area contributed by atoms with Crippen molar-refractivity contribution < 1.29 is 0 Å². The lowest BCUT2D eigenvalue weighted by molar-refractivity contribution is 1.50. The molecule has 2 heteroatoms. The minimum atomic E-state index is 0.956. The zero-order valence-corrected chi connectivity index (χ0v) is 12.4. The molecule has 1 aromatic carbocycles.